The standard InChI is InChI=1S/C22H44N10O5S2/c1-38-11-7-15(19(35)32-16(20(36)37)8-12-39-2)31-18(34)14(6-4-10-29-22(26)27)30-17(33)13(23)5-3-9-28-21(24)25/h13-16H,3-12,23H2,1-2H3,(H,30,33)(H,31,34)(H,32,35)(H,36,37)(H4,24,25,28)(H4,26,27,29). The van der Waals surface area contributed by atoms with Gasteiger partial charge in [0, 0.05) is 13.1 Å². The van der Waals surface area contributed by atoms with Crippen LogP contribution >= 0.6 is 23.5 Å². The Morgan fingerprint density at radius 2 is 1.10 bits per heavy atom. The fraction of sp³-hybridized carbons (Fsp3) is 0.727. The average molecular weight is 593 g/mol. The highest BCUT2D eigenvalue weighted by Crippen LogP contribution is 2.07. The SMILES string of the molecule is CSCCC(NC(=O)C(CCSC)NC(=O)C(CCCN=C(N)N)NC(=O)C(N)CCCN=C(N)N)C(=O)O. The van der Waals surface area contributed by atoms with Gasteiger partial charge in [0.25, 0.3) is 0 Å². The molecule has 0 heterocycles. The van der Waals surface area contributed by atoms with E-state index in [-0.39, 0.29) is 44.1 Å². The molecule has 4 atom stereocenters. The van der Waals surface area contributed by atoms with Gasteiger partial charge in [-0.3, -0.25) is 24.4 Å². The van der Waals surface area contributed by atoms with E-state index in [1.807, 2.05) is 12.5 Å². The number of nitrogens with two attached hydrogens (primary N) is 5. The minimum absolute atomic E-state index is 0.0653. The van der Waals surface area contributed by atoms with Gasteiger partial charge in [-0.05, 0) is 62.5 Å². The molecule has 0 aliphatic carbocycles. The van der Waals surface area contributed by atoms with Crippen LogP contribution < -0.4 is 44.6 Å². The number of amides is 3. The first-order valence-electron chi connectivity index (χ1n) is 12.4. The predicted octanol–water partition coefficient (Wildman–Crippen LogP) is -2.53. The van der Waals surface area contributed by atoms with Crippen LogP contribution in [0.15, 0.2) is 9.98 Å². The molecule has 39 heavy (non-hydrogen) atoms. The zero-order valence-corrected chi connectivity index (χ0v) is 24.2. The summed E-state index contributed by atoms with van der Waals surface area (Å²) in [6.45, 7) is 0.519. The first-order valence-corrected chi connectivity index (χ1v) is 15.2. The normalized spacial score (nSPS) is 13.7. The quantitative estimate of drug-likeness (QED) is 0.0379. The molecule has 0 fully saturated rings. The van der Waals surface area contributed by atoms with Gasteiger partial charge in [0.1, 0.15) is 18.1 Å². The van der Waals surface area contributed by atoms with E-state index < -0.39 is 47.9 Å². The Hall–Kier alpha value is -2.92. The van der Waals surface area contributed by atoms with Gasteiger partial charge in [0.05, 0.1) is 6.04 Å². The average Bonchev–Trinajstić information content (AvgIpc) is 2.87. The maximum atomic E-state index is 13.2. The molecule has 0 aromatic heterocycles. The maximum absolute atomic E-state index is 13.2. The molecule has 0 aromatic carbocycles. The fourth-order valence-corrected chi connectivity index (χ4v) is 4.19. The molecule has 4 unspecified atom stereocenters. The number of carbonyl (C=O) groups excluding carboxylic acids is 3. The molecule has 0 aromatic rings. The lowest BCUT2D eigenvalue weighted by Crippen LogP contribution is -2.57. The zero-order valence-electron chi connectivity index (χ0n) is 22.6. The van der Waals surface area contributed by atoms with Gasteiger partial charge < -0.3 is 49.7 Å². The third-order valence-electron chi connectivity index (χ3n) is 5.35. The zero-order chi connectivity index (χ0) is 29.8. The lowest BCUT2D eigenvalue weighted by atomic mass is 10.1. The second-order valence-corrected chi connectivity index (χ2v) is 10.6. The smallest absolute Gasteiger partial charge is 0.326 e. The van der Waals surface area contributed by atoms with Crippen molar-refractivity contribution in [2.45, 2.75) is 62.7 Å². The molecule has 0 radical (unpaired) electrons. The number of carboxylic acid groups (broad SMARTS) is 1. The molecular weight excluding hydrogens is 548 g/mol. The number of hydrogen-bond acceptors (Lipinski definition) is 9. The summed E-state index contributed by atoms with van der Waals surface area (Å²) in [7, 11) is 0. The van der Waals surface area contributed by atoms with E-state index in [9.17, 15) is 24.3 Å². The predicted molar refractivity (Wildman–Crippen MR) is 157 cm³/mol. The Bertz CT molecular complexity index is 838. The van der Waals surface area contributed by atoms with E-state index in [0.29, 0.717) is 30.9 Å². The number of thioether (sulfide) groups is 2. The number of rotatable bonds is 21. The summed E-state index contributed by atoms with van der Waals surface area (Å²) in [5.41, 5.74) is 27.3. The van der Waals surface area contributed by atoms with Gasteiger partial charge >= 0.3 is 5.97 Å². The second kappa shape index (κ2) is 21.0. The highest BCUT2D eigenvalue weighted by molar-refractivity contribution is 7.98. The highest BCUT2D eigenvalue weighted by atomic mass is 32.2. The summed E-state index contributed by atoms with van der Waals surface area (Å²) in [5.74, 6) is -2.06. The summed E-state index contributed by atoms with van der Waals surface area (Å²) >= 11 is 2.92. The number of nitrogens with zero attached hydrogens (tertiary/aromatic N) is 2. The van der Waals surface area contributed by atoms with Crippen LogP contribution in [0.25, 0.3) is 0 Å². The minimum Gasteiger partial charge on any atom is -0.480 e. The first-order chi connectivity index (χ1) is 18.4. The van der Waals surface area contributed by atoms with Gasteiger partial charge in [0.15, 0.2) is 11.9 Å². The van der Waals surface area contributed by atoms with E-state index >= 15 is 0 Å². The molecule has 15 nitrogen and oxygen atoms in total. The third-order valence-corrected chi connectivity index (χ3v) is 6.64. The number of carboxylic acids is 1. The van der Waals surface area contributed by atoms with E-state index in [1.54, 1.807) is 0 Å². The van der Waals surface area contributed by atoms with Crippen molar-refractivity contribution in [3.63, 3.8) is 0 Å². The molecular formula is C22H44N10O5S2. The fourth-order valence-electron chi connectivity index (χ4n) is 3.24. The van der Waals surface area contributed by atoms with Crippen LogP contribution in [-0.2, 0) is 19.2 Å². The van der Waals surface area contributed by atoms with Crippen LogP contribution in [0.2, 0.25) is 0 Å². The van der Waals surface area contributed by atoms with E-state index in [0.717, 1.165) is 0 Å². The van der Waals surface area contributed by atoms with Crippen LogP contribution in [0, 0.1) is 0 Å². The Morgan fingerprint density at radius 1 is 0.692 bits per heavy atom. The molecule has 0 spiro atoms. The van der Waals surface area contributed by atoms with Crippen molar-refractivity contribution in [3.05, 3.63) is 0 Å². The molecule has 3 amide bonds. The summed E-state index contributed by atoms with van der Waals surface area (Å²) in [4.78, 5) is 58.2. The Morgan fingerprint density at radius 3 is 1.56 bits per heavy atom. The number of hydrogen-bond donors (Lipinski definition) is 9. The van der Waals surface area contributed by atoms with Crippen LogP contribution in [0.4, 0.5) is 0 Å². The summed E-state index contributed by atoms with van der Waals surface area (Å²) in [6, 6.07) is -4.06. The van der Waals surface area contributed by atoms with Crippen molar-refractivity contribution < 1.29 is 24.3 Å². The van der Waals surface area contributed by atoms with Gasteiger partial charge in [-0.15, -0.1) is 0 Å². The monoisotopic (exact) mass is 592 g/mol. The molecule has 0 aliphatic rings. The van der Waals surface area contributed by atoms with Crippen LogP contribution in [0.5, 0.6) is 0 Å². The van der Waals surface area contributed by atoms with Gasteiger partial charge in [-0.1, -0.05) is 0 Å². The van der Waals surface area contributed by atoms with Crippen molar-refractivity contribution in [1.82, 2.24) is 16.0 Å². The van der Waals surface area contributed by atoms with E-state index in [4.69, 9.17) is 28.7 Å². The molecule has 14 N–H and O–H groups in total. The first kappa shape index (κ1) is 36.1. The van der Waals surface area contributed by atoms with Gasteiger partial charge in [0.2, 0.25) is 17.7 Å². The van der Waals surface area contributed by atoms with Crippen molar-refractivity contribution in [3.8, 4) is 0 Å². The molecule has 0 aliphatic heterocycles. The molecule has 0 bridgehead atoms. The van der Waals surface area contributed by atoms with Crippen molar-refractivity contribution >= 4 is 59.1 Å². The lowest BCUT2D eigenvalue weighted by Gasteiger charge is -2.25. The summed E-state index contributed by atoms with van der Waals surface area (Å²) in [5, 5.41) is 17.3. The Balaban J connectivity index is 5.51. The molecule has 17 heteroatoms. The van der Waals surface area contributed by atoms with E-state index in [2.05, 4.69) is 25.9 Å². The van der Waals surface area contributed by atoms with Crippen LogP contribution in [0.1, 0.15) is 38.5 Å². The molecule has 0 saturated carbocycles. The Labute approximate surface area is 237 Å². The van der Waals surface area contributed by atoms with Crippen molar-refractivity contribution in [2.75, 3.05) is 37.1 Å². The number of nitrogens with one attached hydrogen (secondary N) is 3. The highest BCUT2D eigenvalue weighted by Gasteiger charge is 2.30. The van der Waals surface area contributed by atoms with Crippen LogP contribution in [0.3, 0.4) is 0 Å². The topological polar surface area (TPSA) is 279 Å². The maximum Gasteiger partial charge on any atom is 0.326 e. The Kier molecular flexibility index (Phi) is 19.4. The van der Waals surface area contributed by atoms with Crippen molar-refractivity contribution in [1.29, 1.82) is 0 Å². The second-order valence-electron chi connectivity index (χ2n) is 8.59. The van der Waals surface area contributed by atoms with Crippen LogP contribution in [-0.4, -0.2) is 102 Å². The molecule has 224 valence electrons. The van der Waals surface area contributed by atoms with E-state index in [1.165, 1.54) is 23.5 Å². The third kappa shape index (κ3) is 17.3. The van der Waals surface area contributed by atoms with Gasteiger partial charge in [-0.25, -0.2) is 4.79 Å². The minimum atomic E-state index is -1.16. The number of aliphatic imine (C=N–C) groups is 2. The number of aliphatic carboxylic acids is 1. The number of guanidine groups is 2. The summed E-state index contributed by atoms with van der Waals surface area (Å²) < 4.78 is 0. The number of carbonyl (C=O) groups is 4. The molecule has 0 rings (SSSR count). The lowest BCUT2D eigenvalue weighted by molar-refractivity contribution is -0.142. The largest absolute Gasteiger partial charge is 0.480 e. The molecule has 0 saturated heterocycles. The van der Waals surface area contributed by atoms with Gasteiger partial charge in [-0.2, -0.15) is 23.5 Å². The van der Waals surface area contributed by atoms with Crippen molar-refractivity contribution in [2.24, 2.45) is 38.7 Å². The summed E-state index contributed by atoms with van der Waals surface area (Å²) in [6.07, 6.45) is 5.41.